The number of hydrogen-bond acceptors (Lipinski definition) is 16. The summed E-state index contributed by atoms with van der Waals surface area (Å²) in [5, 5.41) is 3.45. The number of methoxy groups -OCH3 is 1. The number of likely N-dealkylation sites (tertiary alicyclic amines) is 5. The van der Waals surface area contributed by atoms with Gasteiger partial charge in [0.2, 0.25) is 32.1 Å². The van der Waals surface area contributed by atoms with E-state index in [0.29, 0.717) is 81.1 Å². The number of urea groups is 1. The fraction of sp³-hybridized carbons (Fsp3) is 0.406. The monoisotopic (exact) mass is 1760 g/mol. The number of pyridine rings is 1. The molecule has 6 aromatic carbocycles. The van der Waals surface area contributed by atoms with Gasteiger partial charge in [-0.1, -0.05) is 103 Å². The molecule has 6 N–H and O–H groups in total. The van der Waals surface area contributed by atoms with Crippen LogP contribution in [0.15, 0.2) is 205 Å². The minimum absolute atomic E-state index is 0.0248. The van der Waals surface area contributed by atoms with Crippen LogP contribution in [-0.4, -0.2) is 211 Å². The number of benzene rings is 6. The van der Waals surface area contributed by atoms with Crippen LogP contribution in [0.2, 0.25) is 0 Å². The molecule has 12 heterocycles. The van der Waals surface area contributed by atoms with Gasteiger partial charge >= 0.3 is 34.5 Å². The molecule has 2 aliphatic carbocycles. The van der Waals surface area contributed by atoms with Crippen molar-refractivity contribution in [2.75, 3.05) is 77.9 Å². The van der Waals surface area contributed by atoms with E-state index in [4.69, 9.17) is 4.74 Å². The summed E-state index contributed by atoms with van der Waals surface area (Å²) in [7, 11) is 1.71. The van der Waals surface area contributed by atoms with E-state index in [0.717, 1.165) is 229 Å². The molecule has 33 nitrogen and oxygen atoms in total. The number of ether oxygens (including phenoxy) is 1. The molecule has 6 aliphatic heterocycles. The zero-order valence-electron chi connectivity index (χ0n) is 72.5. The Morgan fingerprint density at radius 2 is 0.767 bits per heavy atom. The smallest absolute Gasteiger partial charge is 0.329 e. The first-order valence-corrected chi connectivity index (χ1v) is 44.7. The molecule has 0 unspecified atom stereocenters. The van der Waals surface area contributed by atoms with Crippen molar-refractivity contribution in [3.63, 3.8) is 0 Å². The number of amides is 7. The first-order valence-electron chi connectivity index (χ1n) is 44.7. The van der Waals surface area contributed by atoms with Gasteiger partial charge in [0.05, 0.1) is 51.3 Å². The van der Waals surface area contributed by atoms with Gasteiger partial charge in [-0.15, -0.1) is 0 Å². The number of H-pyrrole nitrogens is 5. The largest absolute Gasteiger partial charge is 0.496 e. The number of hydrogen-bond donors (Lipinski definition) is 6. The third-order valence-corrected chi connectivity index (χ3v) is 26.3. The lowest BCUT2D eigenvalue weighted by molar-refractivity contribution is -0.120. The maximum absolute atomic E-state index is 12.5. The quantitative estimate of drug-likeness (QED) is 0.0490. The Hall–Kier alpha value is -14.0. The average molecular weight is 1760 g/mol. The second-order valence-corrected chi connectivity index (χ2v) is 33.9. The van der Waals surface area contributed by atoms with E-state index >= 15 is 0 Å². The lowest BCUT2D eigenvalue weighted by atomic mass is 9.87. The van der Waals surface area contributed by atoms with E-state index in [1.54, 1.807) is 74.0 Å². The Balaban J connectivity index is 0.000000122. The Labute approximate surface area is 743 Å². The number of rotatable bonds is 16. The van der Waals surface area contributed by atoms with E-state index in [-0.39, 0.29) is 88.1 Å². The fourth-order valence-corrected chi connectivity index (χ4v) is 19.1. The summed E-state index contributed by atoms with van der Waals surface area (Å²) in [4.78, 5) is 189. The van der Waals surface area contributed by atoms with Crippen molar-refractivity contribution < 1.29 is 43.1 Å². The molecule has 8 aliphatic rings. The van der Waals surface area contributed by atoms with Crippen LogP contribution < -0.4 is 44.1 Å². The number of anilines is 1. The van der Waals surface area contributed by atoms with Crippen LogP contribution in [0.4, 0.5) is 10.5 Å². The van der Waals surface area contributed by atoms with Crippen molar-refractivity contribution in [2.24, 2.45) is 11.8 Å². The number of carbonyl (C=O) groups is 8. The van der Waals surface area contributed by atoms with Gasteiger partial charge in [0.15, 0.2) is 5.65 Å². The van der Waals surface area contributed by atoms with Gasteiger partial charge in [-0.25, -0.2) is 33.8 Å². The van der Waals surface area contributed by atoms with Gasteiger partial charge in [-0.3, -0.25) is 51.6 Å². The van der Waals surface area contributed by atoms with E-state index < -0.39 is 0 Å². The van der Waals surface area contributed by atoms with Gasteiger partial charge in [0, 0.05) is 138 Å². The normalized spacial score (nSPS) is 19.3. The molecule has 7 amide bonds. The van der Waals surface area contributed by atoms with Crippen molar-refractivity contribution in [3.8, 4) is 17.0 Å². The summed E-state index contributed by atoms with van der Waals surface area (Å²) >= 11 is 0. The van der Waals surface area contributed by atoms with Crippen LogP contribution in [0.5, 0.6) is 5.75 Å². The molecule has 5 saturated heterocycles. The number of para-hydroxylation sites is 7. The predicted molar refractivity (Wildman–Crippen MR) is 491 cm³/mol. The second kappa shape index (κ2) is 43.9. The lowest BCUT2D eigenvalue weighted by Crippen LogP contribution is -2.49. The Morgan fingerprint density at radius 3 is 1.29 bits per heavy atom. The number of fused-ring (bicyclic) bond motifs is 5. The van der Waals surface area contributed by atoms with Crippen LogP contribution in [0.25, 0.3) is 55.4 Å². The van der Waals surface area contributed by atoms with Gasteiger partial charge < -0.3 is 74.0 Å². The molecule has 0 spiro atoms. The molecule has 33 heteroatoms. The molecular formula is C96H112N18O15. The maximum atomic E-state index is 12.5. The molecule has 2 saturated carbocycles. The van der Waals surface area contributed by atoms with E-state index in [2.05, 4.69) is 41.3 Å². The van der Waals surface area contributed by atoms with Gasteiger partial charge in [0.25, 0.3) is 5.56 Å². The highest BCUT2D eigenvalue weighted by Gasteiger charge is 2.34. The van der Waals surface area contributed by atoms with Crippen LogP contribution in [0, 0.1) is 11.8 Å². The lowest BCUT2D eigenvalue weighted by Gasteiger charge is -2.39. The Morgan fingerprint density at radius 1 is 0.364 bits per heavy atom. The number of nitrogens with zero attached hydrogens (tertiary/aromatic N) is 12. The zero-order valence-corrected chi connectivity index (χ0v) is 72.5. The summed E-state index contributed by atoms with van der Waals surface area (Å²) in [5.74, 6) is 1.85. The SMILES string of the molecule is COc1ccccc1C1CCN(C=O)CC1.O=CC1CCC(n2c(=O)[nH]c3ccccc32)CC1.O=CC1CCC(n2c(=O)[nH]c3ccccc32)CC1.O=CN1CCC(N2Cc3ccccc3NC2=O)CC1.O=CN1CCC(n2c(-c3ccccc3)c[nH]c2=O)CC1.O=CN1CCC(n2c(=O)[nH]c3ccccc3c2=O)CC1.O=CN1CCC(n2c(=O)[nH]c3cccnc32)CC1. The summed E-state index contributed by atoms with van der Waals surface area (Å²) in [6, 6.07) is 52.9. The molecular weight excluding hydrogens is 1650 g/mol. The highest BCUT2D eigenvalue weighted by molar-refractivity contribution is 5.92. The number of nitrogens with one attached hydrogen (secondary N) is 6. The number of aromatic amines is 5. The average Bonchev–Trinajstić information content (AvgIpc) is 1.36. The first kappa shape index (κ1) is 91.2. The van der Waals surface area contributed by atoms with Crippen molar-refractivity contribution >= 4 is 100 Å². The molecule has 676 valence electrons. The van der Waals surface area contributed by atoms with Crippen LogP contribution in [0.1, 0.15) is 163 Å². The van der Waals surface area contributed by atoms with Crippen LogP contribution in [-0.2, 0) is 40.1 Å². The minimum Gasteiger partial charge on any atom is -0.496 e. The highest BCUT2D eigenvalue weighted by Crippen LogP contribution is 2.37. The van der Waals surface area contributed by atoms with Gasteiger partial charge in [-0.05, 0) is 199 Å². The number of carbonyl (C=O) groups excluding carboxylic acids is 8. The molecule has 129 heavy (non-hydrogen) atoms. The molecule has 12 aromatic rings. The third-order valence-electron chi connectivity index (χ3n) is 26.3. The standard InChI is InChI=1S/C15H17N3O2.C14H15N3O3.C14H17N3O2.2C14H16N2O2.C13H17NO2.C12H14N4O2/c19-11-17-8-6-13(7-9-17)18-14(10-16-15(18)20)12-4-2-1-3-5-12;18-9-16-7-5-10(6-8-16)17-13(19)11-3-1-2-4-12(11)15-14(17)20;18-10-16-7-5-12(6-8-16)17-9-11-3-1-2-4-13(11)15-14(17)19;2*17-9-10-5-7-11(8-6-10)16-13-4-2-1-3-12(13)15-14(16)18;1-16-13-5-3-2-4-12(13)11-6-8-14(10-15)9-7-11;17-8-15-6-3-9(4-7-15)16-11-10(14-12(16)18)2-1-5-13-11/h1-5,10-11,13H,6-9H2,(H,16,20);1-4,9-10H,5-8H2,(H,15,20);1-4,10,12H,5-9H2,(H,15,19);2*1-4,9-11H,5-8H2,(H,15,18);2-5,10-11H,6-9H2,1H3;1-2,5,8-9H,3-4,6-7H2,(H,14,18). The van der Waals surface area contributed by atoms with Crippen molar-refractivity contribution in [2.45, 2.75) is 164 Å². The molecule has 7 fully saturated rings. The summed E-state index contributed by atoms with van der Waals surface area (Å²) in [6.07, 6.45) is 25.4. The number of imidazole rings is 4. The zero-order chi connectivity index (χ0) is 90.3. The van der Waals surface area contributed by atoms with Gasteiger partial charge in [0.1, 0.15) is 18.3 Å². The highest BCUT2D eigenvalue weighted by atomic mass is 16.5. The van der Waals surface area contributed by atoms with Crippen molar-refractivity contribution in [1.82, 2.24) is 82.1 Å². The first-order chi connectivity index (χ1) is 63.0. The number of piperidine rings is 5. The summed E-state index contributed by atoms with van der Waals surface area (Å²) in [5.41, 5.74) is 10.1. The molecule has 0 radical (unpaired) electrons. The Kier molecular flexibility index (Phi) is 31.1. The minimum atomic E-state index is -0.377. The fourth-order valence-electron chi connectivity index (χ4n) is 19.1. The predicted octanol–water partition coefficient (Wildman–Crippen LogP) is 10.8. The second-order valence-electron chi connectivity index (χ2n) is 33.9. The van der Waals surface area contributed by atoms with Gasteiger partial charge in [-0.2, -0.15) is 0 Å². The number of aldehydes is 2. The molecule has 6 aromatic heterocycles. The van der Waals surface area contributed by atoms with Crippen molar-refractivity contribution in [1.29, 1.82) is 0 Å². The van der Waals surface area contributed by atoms with Crippen LogP contribution in [0.3, 0.4) is 0 Å². The van der Waals surface area contributed by atoms with E-state index in [1.807, 2.05) is 151 Å². The van der Waals surface area contributed by atoms with E-state index in [9.17, 15) is 67.1 Å². The Bertz CT molecular complexity index is 5910. The molecule has 20 rings (SSSR count). The molecule has 0 bridgehead atoms. The maximum Gasteiger partial charge on any atom is 0.329 e. The summed E-state index contributed by atoms with van der Waals surface area (Å²) < 4.78 is 13.9. The topological polar surface area (TPSA) is 396 Å². The van der Waals surface area contributed by atoms with E-state index in [1.165, 1.54) is 10.1 Å². The van der Waals surface area contributed by atoms with Crippen molar-refractivity contribution in [3.05, 3.63) is 250 Å². The summed E-state index contributed by atoms with van der Waals surface area (Å²) in [6.45, 7) is 7.80. The third kappa shape index (κ3) is 22.0. The van der Waals surface area contributed by atoms with Crippen LogP contribution >= 0.6 is 0 Å². The number of aromatic nitrogens is 11. The molecule has 0 atom stereocenters.